The quantitative estimate of drug-likeness (QED) is 0.459. The van der Waals surface area contributed by atoms with Gasteiger partial charge in [-0.25, -0.2) is 9.07 Å². The Hall–Kier alpha value is -3.15. The summed E-state index contributed by atoms with van der Waals surface area (Å²) < 4.78 is 16.4. The molecule has 6 heteroatoms. The van der Waals surface area contributed by atoms with Crippen molar-refractivity contribution in [1.82, 2.24) is 14.7 Å². The number of anilines is 1. The molecule has 5 nitrogen and oxygen atoms in total. The first kappa shape index (κ1) is 23.5. The molecule has 1 aromatic heterocycles. The fraction of sp³-hybridized carbons (Fsp3) is 0.385. The summed E-state index contributed by atoms with van der Waals surface area (Å²) in [6.07, 6.45) is 0.765. The van der Waals surface area contributed by atoms with Gasteiger partial charge in [0.05, 0.1) is 23.5 Å². The van der Waals surface area contributed by atoms with E-state index in [1.54, 1.807) is 23.1 Å². The number of nitrogens with zero attached hydrogens (tertiary/aromatic N) is 4. The number of hydrogen-bond acceptors (Lipinski definition) is 3. The van der Waals surface area contributed by atoms with Gasteiger partial charge in [-0.05, 0) is 43.5 Å². The molecule has 0 saturated heterocycles. The maximum Gasteiger partial charge on any atom is 0.257 e. The van der Waals surface area contributed by atoms with Crippen LogP contribution in [-0.4, -0.2) is 40.7 Å². The van der Waals surface area contributed by atoms with Gasteiger partial charge in [0.1, 0.15) is 11.6 Å². The second-order valence-electron chi connectivity index (χ2n) is 8.65. The Balaban J connectivity index is 2.14. The minimum absolute atomic E-state index is 0.0581. The molecule has 0 N–H and O–H groups in total. The molecule has 0 radical (unpaired) electrons. The van der Waals surface area contributed by atoms with E-state index < -0.39 is 5.82 Å². The molecular weight excluding hydrogens is 403 g/mol. The number of halogens is 1. The molecule has 0 saturated carbocycles. The van der Waals surface area contributed by atoms with E-state index in [1.165, 1.54) is 6.07 Å². The van der Waals surface area contributed by atoms with Gasteiger partial charge in [-0.2, -0.15) is 5.10 Å². The monoisotopic (exact) mass is 436 g/mol. The molecule has 0 aliphatic carbocycles. The normalized spacial score (nSPS) is 12.1. The van der Waals surface area contributed by atoms with Gasteiger partial charge >= 0.3 is 0 Å². The molecule has 0 fully saturated rings. The lowest BCUT2D eigenvalue weighted by molar-refractivity contribution is 0.0666. The Bertz CT molecular complexity index is 1060. The number of hydrogen-bond donors (Lipinski definition) is 0. The molecule has 1 unspecified atom stereocenters. The first-order chi connectivity index (χ1) is 15.3. The first-order valence-corrected chi connectivity index (χ1v) is 11.2. The topological polar surface area (TPSA) is 41.4 Å². The largest absolute Gasteiger partial charge is 0.362 e. The molecule has 0 spiro atoms. The number of amides is 1. The minimum atomic E-state index is -0.498. The van der Waals surface area contributed by atoms with E-state index >= 15 is 0 Å². The predicted molar refractivity (Wildman–Crippen MR) is 128 cm³/mol. The number of para-hydroxylation sites is 1. The number of benzene rings is 2. The van der Waals surface area contributed by atoms with Gasteiger partial charge in [-0.3, -0.25) is 4.79 Å². The van der Waals surface area contributed by atoms with Crippen molar-refractivity contribution < 1.29 is 9.18 Å². The van der Waals surface area contributed by atoms with Crippen LogP contribution in [0.3, 0.4) is 0 Å². The highest BCUT2D eigenvalue weighted by molar-refractivity contribution is 5.94. The zero-order chi connectivity index (χ0) is 23.4. The van der Waals surface area contributed by atoms with Crippen LogP contribution in [0, 0.1) is 5.82 Å². The van der Waals surface area contributed by atoms with Gasteiger partial charge in [0.2, 0.25) is 0 Å². The Morgan fingerprint density at radius 2 is 1.66 bits per heavy atom. The third-order valence-corrected chi connectivity index (χ3v) is 5.78. The van der Waals surface area contributed by atoms with Crippen LogP contribution in [0.4, 0.5) is 10.2 Å². The lowest BCUT2D eigenvalue weighted by atomic mass is 10.0. The van der Waals surface area contributed by atoms with Gasteiger partial charge in [-0.1, -0.05) is 51.1 Å². The van der Waals surface area contributed by atoms with E-state index in [0.29, 0.717) is 6.54 Å². The van der Waals surface area contributed by atoms with E-state index in [2.05, 4.69) is 13.8 Å². The molecule has 2 aromatic carbocycles. The van der Waals surface area contributed by atoms with Crippen molar-refractivity contribution in [3.8, 4) is 5.69 Å². The summed E-state index contributed by atoms with van der Waals surface area (Å²) >= 11 is 0. The molecule has 1 atom stereocenters. The number of rotatable bonds is 8. The Kier molecular flexibility index (Phi) is 7.33. The van der Waals surface area contributed by atoms with Gasteiger partial charge < -0.3 is 9.80 Å². The van der Waals surface area contributed by atoms with Crippen molar-refractivity contribution in [3.05, 3.63) is 77.2 Å². The third kappa shape index (κ3) is 4.69. The van der Waals surface area contributed by atoms with E-state index in [9.17, 15) is 9.18 Å². The standard InChI is InChI=1S/C26H33FN4O/c1-7-19(4)30(26(32)21-15-11-12-16-23(21)27)17-22-24(18(2)3)28-31(25(22)29(5)6)20-13-9-8-10-14-20/h8-16,18-19H,7,17H2,1-6H3. The molecule has 3 rings (SSSR count). The van der Waals surface area contributed by atoms with E-state index in [-0.39, 0.29) is 23.4 Å². The van der Waals surface area contributed by atoms with Gasteiger partial charge in [-0.15, -0.1) is 0 Å². The summed E-state index contributed by atoms with van der Waals surface area (Å²) in [5.41, 5.74) is 2.98. The van der Waals surface area contributed by atoms with E-state index in [1.807, 2.05) is 67.9 Å². The van der Waals surface area contributed by atoms with Crippen LogP contribution >= 0.6 is 0 Å². The van der Waals surface area contributed by atoms with Crippen LogP contribution in [0.2, 0.25) is 0 Å². The average Bonchev–Trinajstić information content (AvgIpc) is 3.17. The molecule has 1 amide bonds. The summed E-state index contributed by atoms with van der Waals surface area (Å²) in [5, 5.41) is 4.95. The summed E-state index contributed by atoms with van der Waals surface area (Å²) in [5.74, 6) is 0.289. The van der Waals surface area contributed by atoms with Crippen molar-refractivity contribution in [2.75, 3.05) is 19.0 Å². The predicted octanol–water partition coefficient (Wildman–Crippen LogP) is 5.64. The molecule has 3 aromatic rings. The summed E-state index contributed by atoms with van der Waals surface area (Å²) in [4.78, 5) is 17.3. The Morgan fingerprint density at radius 1 is 1.03 bits per heavy atom. The van der Waals surface area contributed by atoms with Crippen molar-refractivity contribution in [3.63, 3.8) is 0 Å². The fourth-order valence-corrected chi connectivity index (χ4v) is 3.89. The Morgan fingerprint density at radius 3 is 2.22 bits per heavy atom. The fourth-order valence-electron chi connectivity index (χ4n) is 3.89. The minimum Gasteiger partial charge on any atom is -0.362 e. The smallest absolute Gasteiger partial charge is 0.257 e. The summed E-state index contributed by atoms with van der Waals surface area (Å²) in [7, 11) is 3.96. The van der Waals surface area contributed by atoms with E-state index in [4.69, 9.17) is 5.10 Å². The molecule has 170 valence electrons. The SMILES string of the molecule is CCC(C)N(Cc1c(C(C)C)nn(-c2ccccc2)c1N(C)C)C(=O)c1ccccc1F. The number of carbonyl (C=O) groups is 1. The maximum atomic E-state index is 14.5. The van der Waals surface area contributed by atoms with Crippen LogP contribution in [0.15, 0.2) is 54.6 Å². The van der Waals surface area contributed by atoms with Crippen LogP contribution in [-0.2, 0) is 6.54 Å². The highest BCUT2D eigenvalue weighted by Crippen LogP contribution is 2.32. The highest BCUT2D eigenvalue weighted by Gasteiger charge is 2.29. The number of carbonyl (C=O) groups excluding carboxylic acids is 1. The van der Waals surface area contributed by atoms with Gasteiger partial charge in [0, 0.05) is 25.7 Å². The molecule has 0 bridgehead atoms. The molecular formula is C26H33FN4O. The summed E-state index contributed by atoms with van der Waals surface area (Å²) in [6.45, 7) is 8.61. The van der Waals surface area contributed by atoms with E-state index in [0.717, 1.165) is 29.2 Å². The van der Waals surface area contributed by atoms with Crippen LogP contribution in [0.1, 0.15) is 61.6 Å². The first-order valence-electron chi connectivity index (χ1n) is 11.2. The van der Waals surface area contributed by atoms with Crippen molar-refractivity contribution in [2.24, 2.45) is 0 Å². The van der Waals surface area contributed by atoms with Crippen molar-refractivity contribution >= 4 is 11.7 Å². The van der Waals surface area contributed by atoms with Crippen LogP contribution < -0.4 is 4.90 Å². The zero-order valence-electron chi connectivity index (χ0n) is 19.8. The van der Waals surface area contributed by atoms with Crippen LogP contribution in [0.5, 0.6) is 0 Å². The average molecular weight is 437 g/mol. The Labute approximate surface area is 190 Å². The highest BCUT2D eigenvalue weighted by atomic mass is 19.1. The number of aromatic nitrogens is 2. The lowest BCUT2D eigenvalue weighted by Gasteiger charge is -2.30. The van der Waals surface area contributed by atoms with Crippen molar-refractivity contribution in [1.29, 1.82) is 0 Å². The zero-order valence-corrected chi connectivity index (χ0v) is 19.8. The van der Waals surface area contributed by atoms with Crippen LogP contribution in [0.25, 0.3) is 5.69 Å². The van der Waals surface area contributed by atoms with Crippen molar-refractivity contribution in [2.45, 2.75) is 52.6 Å². The summed E-state index contributed by atoms with van der Waals surface area (Å²) in [6, 6.07) is 16.1. The second kappa shape index (κ2) is 9.98. The lowest BCUT2D eigenvalue weighted by Crippen LogP contribution is -2.38. The third-order valence-electron chi connectivity index (χ3n) is 5.78. The molecule has 0 aliphatic heterocycles. The molecule has 0 aliphatic rings. The second-order valence-corrected chi connectivity index (χ2v) is 8.65. The molecule has 1 heterocycles. The van der Waals surface area contributed by atoms with Gasteiger partial charge in [0.15, 0.2) is 0 Å². The maximum absolute atomic E-state index is 14.5. The van der Waals surface area contributed by atoms with Gasteiger partial charge in [0.25, 0.3) is 5.91 Å². The molecule has 32 heavy (non-hydrogen) atoms.